The van der Waals surface area contributed by atoms with Crippen molar-refractivity contribution in [1.29, 1.82) is 0 Å². The van der Waals surface area contributed by atoms with Crippen molar-refractivity contribution in [2.75, 3.05) is 13.2 Å². The van der Waals surface area contributed by atoms with Crippen LogP contribution in [-0.4, -0.2) is 13.2 Å². The van der Waals surface area contributed by atoms with E-state index in [9.17, 15) is 0 Å². The summed E-state index contributed by atoms with van der Waals surface area (Å²) in [4.78, 5) is 0. The van der Waals surface area contributed by atoms with Gasteiger partial charge in [0.1, 0.15) is 5.75 Å². The Morgan fingerprint density at radius 1 is 1.10 bits per heavy atom. The van der Waals surface area contributed by atoms with Crippen LogP contribution in [0.2, 0.25) is 0 Å². The first-order valence-corrected chi connectivity index (χ1v) is 9.14. The van der Waals surface area contributed by atoms with Gasteiger partial charge in [-0.1, -0.05) is 55.5 Å². The summed E-state index contributed by atoms with van der Waals surface area (Å²) in [6.45, 7) is 8.48. The molecule has 1 atom stereocenters. The maximum Gasteiger partial charge on any atom is 0.124 e. The molecule has 0 aliphatic rings. The molecule has 120 valence electrons. The van der Waals surface area contributed by atoms with Crippen molar-refractivity contribution < 1.29 is 4.74 Å². The van der Waals surface area contributed by atoms with E-state index < -0.39 is 0 Å². The third-order valence-corrected chi connectivity index (χ3v) is 4.14. The Morgan fingerprint density at radius 3 is 2.57 bits per heavy atom. The van der Waals surface area contributed by atoms with Gasteiger partial charge in [-0.15, -0.1) is 0 Å². The summed E-state index contributed by atoms with van der Waals surface area (Å²) in [6, 6.07) is 6.62. The molecule has 1 aromatic carbocycles. The van der Waals surface area contributed by atoms with Gasteiger partial charge in [0.2, 0.25) is 0 Å². The number of hydrogen-bond donors (Lipinski definition) is 1. The van der Waals surface area contributed by atoms with Gasteiger partial charge in [-0.3, -0.25) is 0 Å². The second-order valence-corrected chi connectivity index (χ2v) is 6.54. The predicted octanol–water partition coefficient (Wildman–Crippen LogP) is 5.86. The Labute approximate surface area is 138 Å². The molecule has 0 heterocycles. The van der Waals surface area contributed by atoms with Crippen LogP contribution in [0.5, 0.6) is 5.75 Å². The van der Waals surface area contributed by atoms with Gasteiger partial charge < -0.3 is 10.1 Å². The second-order valence-electron chi connectivity index (χ2n) is 5.62. The van der Waals surface area contributed by atoms with Crippen LogP contribution in [-0.2, 0) is 0 Å². The van der Waals surface area contributed by atoms with E-state index in [1.54, 1.807) is 0 Å². The van der Waals surface area contributed by atoms with Gasteiger partial charge in [-0.05, 0) is 44.5 Å². The summed E-state index contributed by atoms with van der Waals surface area (Å²) in [5.41, 5.74) is 1.24. The Kier molecular flexibility index (Phi) is 9.77. The van der Waals surface area contributed by atoms with Gasteiger partial charge in [-0.2, -0.15) is 0 Å². The minimum absolute atomic E-state index is 0.317. The average molecular weight is 356 g/mol. The lowest BCUT2D eigenvalue weighted by molar-refractivity contribution is 0.298. The molecule has 0 aromatic heterocycles. The fourth-order valence-electron chi connectivity index (χ4n) is 2.35. The van der Waals surface area contributed by atoms with E-state index in [1.165, 1.54) is 31.2 Å². The highest BCUT2D eigenvalue weighted by atomic mass is 79.9. The highest BCUT2D eigenvalue weighted by Gasteiger charge is 2.11. The molecule has 1 N–H and O–H groups in total. The van der Waals surface area contributed by atoms with Crippen molar-refractivity contribution in [1.82, 2.24) is 5.32 Å². The minimum atomic E-state index is 0.317. The lowest BCUT2D eigenvalue weighted by Crippen LogP contribution is -2.20. The van der Waals surface area contributed by atoms with Crippen LogP contribution in [0.3, 0.4) is 0 Å². The molecule has 0 spiro atoms. The Bertz CT molecular complexity index is 395. The number of hydrogen-bond acceptors (Lipinski definition) is 2. The lowest BCUT2D eigenvalue weighted by Gasteiger charge is -2.18. The van der Waals surface area contributed by atoms with Crippen molar-refractivity contribution in [3.8, 4) is 5.75 Å². The SMILES string of the molecule is CCCCCCCOc1ccc(Br)cc1C(C)NCCC. The summed E-state index contributed by atoms with van der Waals surface area (Å²) < 4.78 is 7.12. The van der Waals surface area contributed by atoms with Crippen molar-refractivity contribution in [2.24, 2.45) is 0 Å². The maximum absolute atomic E-state index is 6.01. The summed E-state index contributed by atoms with van der Waals surface area (Å²) in [5, 5.41) is 3.53. The maximum atomic E-state index is 6.01. The molecule has 1 aromatic rings. The predicted molar refractivity (Wildman–Crippen MR) is 95.1 cm³/mol. The van der Waals surface area contributed by atoms with Crippen LogP contribution in [0.4, 0.5) is 0 Å². The van der Waals surface area contributed by atoms with Gasteiger partial charge >= 0.3 is 0 Å². The molecule has 0 saturated heterocycles. The standard InChI is InChI=1S/C18H30BrNO/c1-4-6-7-8-9-13-21-18-11-10-16(19)14-17(18)15(3)20-12-5-2/h10-11,14-15,20H,4-9,12-13H2,1-3H3. The van der Waals surface area contributed by atoms with Gasteiger partial charge in [0, 0.05) is 16.1 Å². The molecule has 0 radical (unpaired) electrons. The first-order valence-electron chi connectivity index (χ1n) is 8.34. The van der Waals surface area contributed by atoms with Gasteiger partial charge in [0.25, 0.3) is 0 Å². The number of unbranched alkanes of at least 4 members (excludes halogenated alkanes) is 4. The highest BCUT2D eigenvalue weighted by molar-refractivity contribution is 9.10. The number of nitrogens with one attached hydrogen (secondary N) is 1. The van der Waals surface area contributed by atoms with Crippen LogP contribution in [0.1, 0.15) is 70.9 Å². The summed E-state index contributed by atoms with van der Waals surface area (Å²) >= 11 is 3.56. The van der Waals surface area contributed by atoms with E-state index in [0.717, 1.165) is 36.2 Å². The van der Waals surface area contributed by atoms with E-state index in [0.29, 0.717) is 6.04 Å². The molecule has 1 rings (SSSR count). The number of benzene rings is 1. The quantitative estimate of drug-likeness (QED) is 0.502. The number of halogens is 1. The van der Waals surface area contributed by atoms with E-state index >= 15 is 0 Å². The fourth-order valence-corrected chi connectivity index (χ4v) is 2.73. The summed E-state index contributed by atoms with van der Waals surface area (Å²) in [7, 11) is 0. The van der Waals surface area contributed by atoms with E-state index in [-0.39, 0.29) is 0 Å². The molecule has 0 aliphatic heterocycles. The number of ether oxygens (including phenoxy) is 1. The van der Waals surface area contributed by atoms with Crippen molar-refractivity contribution >= 4 is 15.9 Å². The molecule has 21 heavy (non-hydrogen) atoms. The third kappa shape index (κ3) is 7.32. The van der Waals surface area contributed by atoms with E-state index in [2.05, 4.69) is 60.2 Å². The molecular weight excluding hydrogens is 326 g/mol. The zero-order valence-corrected chi connectivity index (χ0v) is 15.3. The lowest BCUT2D eigenvalue weighted by atomic mass is 10.1. The first kappa shape index (κ1) is 18.5. The smallest absolute Gasteiger partial charge is 0.124 e. The molecule has 0 amide bonds. The normalized spacial score (nSPS) is 12.4. The molecule has 0 bridgehead atoms. The van der Waals surface area contributed by atoms with Crippen LogP contribution in [0, 0.1) is 0 Å². The summed E-state index contributed by atoms with van der Waals surface area (Å²) in [5.74, 6) is 1.02. The molecule has 3 heteroatoms. The third-order valence-electron chi connectivity index (χ3n) is 3.64. The van der Waals surface area contributed by atoms with Gasteiger partial charge in [0.05, 0.1) is 6.61 Å². The van der Waals surface area contributed by atoms with Crippen LogP contribution in [0.15, 0.2) is 22.7 Å². The Morgan fingerprint density at radius 2 is 1.86 bits per heavy atom. The Hall–Kier alpha value is -0.540. The highest BCUT2D eigenvalue weighted by Crippen LogP contribution is 2.28. The van der Waals surface area contributed by atoms with Gasteiger partial charge in [0.15, 0.2) is 0 Å². The monoisotopic (exact) mass is 355 g/mol. The fraction of sp³-hybridized carbons (Fsp3) is 0.667. The molecule has 1 unspecified atom stereocenters. The van der Waals surface area contributed by atoms with Crippen molar-refractivity contribution in [2.45, 2.75) is 65.3 Å². The van der Waals surface area contributed by atoms with Crippen molar-refractivity contribution in [3.63, 3.8) is 0 Å². The largest absolute Gasteiger partial charge is 0.493 e. The molecule has 0 saturated carbocycles. The van der Waals surface area contributed by atoms with E-state index in [1.807, 2.05) is 0 Å². The van der Waals surface area contributed by atoms with Crippen LogP contribution >= 0.6 is 15.9 Å². The van der Waals surface area contributed by atoms with Crippen LogP contribution in [0.25, 0.3) is 0 Å². The van der Waals surface area contributed by atoms with Crippen molar-refractivity contribution in [3.05, 3.63) is 28.2 Å². The van der Waals surface area contributed by atoms with Gasteiger partial charge in [-0.25, -0.2) is 0 Å². The zero-order chi connectivity index (χ0) is 15.5. The average Bonchev–Trinajstić information content (AvgIpc) is 2.49. The second kappa shape index (κ2) is 11.1. The zero-order valence-electron chi connectivity index (χ0n) is 13.8. The summed E-state index contributed by atoms with van der Waals surface area (Å²) in [6.07, 6.45) is 7.50. The molecular formula is C18H30BrNO. The minimum Gasteiger partial charge on any atom is -0.493 e. The van der Waals surface area contributed by atoms with Crippen LogP contribution < -0.4 is 10.1 Å². The number of rotatable bonds is 11. The topological polar surface area (TPSA) is 21.3 Å². The molecule has 0 fully saturated rings. The molecule has 2 nitrogen and oxygen atoms in total. The first-order chi connectivity index (χ1) is 10.2. The van der Waals surface area contributed by atoms with E-state index in [4.69, 9.17) is 4.74 Å². The molecule has 0 aliphatic carbocycles. The Balaban J connectivity index is 2.52.